The molecule has 36 heavy (non-hydrogen) atoms. The lowest BCUT2D eigenvalue weighted by Crippen LogP contribution is -2.52. The first-order valence-corrected chi connectivity index (χ1v) is 13.7. The maximum atomic E-state index is 13.6. The van der Waals surface area contributed by atoms with Gasteiger partial charge in [0.15, 0.2) is 11.5 Å². The molecule has 0 bridgehead atoms. The van der Waals surface area contributed by atoms with Crippen LogP contribution in [0.3, 0.4) is 0 Å². The van der Waals surface area contributed by atoms with Gasteiger partial charge in [-0.2, -0.15) is 0 Å². The predicted octanol–water partition coefficient (Wildman–Crippen LogP) is 3.46. The van der Waals surface area contributed by atoms with E-state index in [9.17, 15) is 18.0 Å². The summed E-state index contributed by atoms with van der Waals surface area (Å²) in [6.45, 7) is 5.02. The zero-order valence-electron chi connectivity index (χ0n) is 21.4. The maximum absolute atomic E-state index is 13.6. The number of nitrogens with zero attached hydrogens (tertiary/aromatic N) is 2. The van der Waals surface area contributed by atoms with Crippen molar-refractivity contribution < 1.29 is 27.5 Å². The van der Waals surface area contributed by atoms with Crippen LogP contribution in [0, 0.1) is 0 Å². The van der Waals surface area contributed by atoms with Crippen LogP contribution >= 0.6 is 11.6 Å². The number of carbonyl (C=O) groups is 2. The molecule has 0 aliphatic carbocycles. The van der Waals surface area contributed by atoms with Gasteiger partial charge in [-0.05, 0) is 50.1 Å². The average Bonchev–Trinajstić information content (AvgIpc) is 2.85. The summed E-state index contributed by atoms with van der Waals surface area (Å²) in [5.74, 6) is -0.142. The molecule has 0 fully saturated rings. The number of halogens is 1. The normalized spacial score (nSPS) is 12.9. The number of ether oxygens (including phenoxy) is 2. The van der Waals surface area contributed by atoms with Crippen molar-refractivity contribution in [3.8, 4) is 11.5 Å². The quantitative estimate of drug-likeness (QED) is 0.443. The molecular weight excluding hydrogens is 506 g/mol. The van der Waals surface area contributed by atoms with Gasteiger partial charge in [0.25, 0.3) is 0 Å². The minimum Gasteiger partial charge on any atom is -0.493 e. The number of amides is 2. The molecule has 0 aliphatic rings. The molecule has 198 valence electrons. The Hall–Kier alpha value is -2.98. The third-order valence-corrected chi connectivity index (χ3v) is 7.16. The van der Waals surface area contributed by atoms with Gasteiger partial charge in [0.1, 0.15) is 12.6 Å². The highest BCUT2D eigenvalue weighted by Crippen LogP contribution is 2.32. The van der Waals surface area contributed by atoms with Crippen LogP contribution in [0.15, 0.2) is 42.5 Å². The summed E-state index contributed by atoms with van der Waals surface area (Å²) in [6.07, 6.45) is 1.74. The fourth-order valence-electron chi connectivity index (χ4n) is 3.43. The van der Waals surface area contributed by atoms with Gasteiger partial charge < -0.3 is 19.7 Å². The summed E-state index contributed by atoms with van der Waals surface area (Å²) >= 11 is 5.99. The van der Waals surface area contributed by atoms with Crippen LogP contribution in [0.1, 0.15) is 32.8 Å². The molecule has 0 aliphatic heterocycles. The molecule has 0 unspecified atom stereocenters. The Bertz CT molecular complexity index is 1160. The third kappa shape index (κ3) is 7.76. The van der Waals surface area contributed by atoms with E-state index in [0.29, 0.717) is 16.5 Å². The van der Waals surface area contributed by atoms with E-state index in [1.807, 2.05) is 13.8 Å². The fourth-order valence-corrected chi connectivity index (χ4v) is 4.40. The molecule has 2 aromatic rings. The molecule has 0 saturated heterocycles. The van der Waals surface area contributed by atoms with Crippen LogP contribution < -0.4 is 19.1 Å². The maximum Gasteiger partial charge on any atom is 0.244 e. The molecule has 11 heteroatoms. The van der Waals surface area contributed by atoms with Gasteiger partial charge in [-0.1, -0.05) is 30.7 Å². The lowest BCUT2D eigenvalue weighted by atomic mass is 10.1. The number of hydrogen-bond acceptors (Lipinski definition) is 6. The van der Waals surface area contributed by atoms with Crippen LogP contribution in [-0.4, -0.2) is 64.2 Å². The Morgan fingerprint density at radius 1 is 1.03 bits per heavy atom. The van der Waals surface area contributed by atoms with Crippen LogP contribution in [0.5, 0.6) is 11.5 Å². The smallest absolute Gasteiger partial charge is 0.244 e. The predicted molar refractivity (Wildman–Crippen MR) is 141 cm³/mol. The van der Waals surface area contributed by atoms with Gasteiger partial charge in [0.2, 0.25) is 21.8 Å². The van der Waals surface area contributed by atoms with Gasteiger partial charge >= 0.3 is 0 Å². The second kappa shape index (κ2) is 12.8. The van der Waals surface area contributed by atoms with Crippen molar-refractivity contribution >= 4 is 39.1 Å². The van der Waals surface area contributed by atoms with Gasteiger partial charge in [0, 0.05) is 23.7 Å². The first-order valence-electron chi connectivity index (χ1n) is 11.4. The zero-order chi connectivity index (χ0) is 27.0. The summed E-state index contributed by atoms with van der Waals surface area (Å²) < 4.78 is 36.9. The SMILES string of the molecule is CC[C@H](C)NC(=O)[C@@H](C)N(Cc1ccc(Cl)cc1)C(=O)CN(c1ccc(OC)c(OC)c1)S(C)(=O)=O. The Kier molecular flexibility index (Phi) is 10.4. The molecule has 0 spiro atoms. The Labute approximate surface area is 218 Å². The monoisotopic (exact) mass is 539 g/mol. The minimum atomic E-state index is -3.87. The number of methoxy groups -OCH3 is 2. The summed E-state index contributed by atoms with van der Waals surface area (Å²) in [5, 5.41) is 3.42. The van der Waals surface area contributed by atoms with E-state index in [0.717, 1.165) is 22.5 Å². The van der Waals surface area contributed by atoms with Crippen molar-refractivity contribution in [1.29, 1.82) is 0 Å². The van der Waals surface area contributed by atoms with Crippen molar-refractivity contribution in [3.05, 3.63) is 53.1 Å². The summed E-state index contributed by atoms with van der Waals surface area (Å²) in [7, 11) is -0.965. The molecule has 0 saturated carbocycles. The summed E-state index contributed by atoms with van der Waals surface area (Å²) in [6, 6.07) is 10.5. The largest absolute Gasteiger partial charge is 0.493 e. The lowest BCUT2D eigenvalue weighted by Gasteiger charge is -2.32. The lowest BCUT2D eigenvalue weighted by molar-refractivity contribution is -0.139. The third-order valence-electron chi connectivity index (χ3n) is 5.77. The van der Waals surface area contributed by atoms with E-state index in [1.165, 1.54) is 31.3 Å². The Morgan fingerprint density at radius 2 is 1.64 bits per heavy atom. The number of hydrogen-bond donors (Lipinski definition) is 1. The highest BCUT2D eigenvalue weighted by molar-refractivity contribution is 7.92. The van der Waals surface area contributed by atoms with E-state index in [4.69, 9.17) is 21.1 Å². The second-order valence-electron chi connectivity index (χ2n) is 8.45. The zero-order valence-corrected chi connectivity index (χ0v) is 23.0. The number of sulfonamides is 1. The molecule has 0 heterocycles. The topological polar surface area (TPSA) is 105 Å². The van der Waals surface area contributed by atoms with Gasteiger partial charge in [0.05, 0.1) is 26.2 Å². The molecule has 2 atom stereocenters. The molecule has 0 radical (unpaired) electrons. The van der Waals surface area contributed by atoms with E-state index in [2.05, 4.69) is 5.32 Å². The van der Waals surface area contributed by atoms with Crippen molar-refractivity contribution in [3.63, 3.8) is 0 Å². The number of anilines is 1. The molecule has 2 amide bonds. The van der Waals surface area contributed by atoms with E-state index in [1.54, 1.807) is 37.3 Å². The number of benzene rings is 2. The van der Waals surface area contributed by atoms with Crippen LogP contribution in [0.4, 0.5) is 5.69 Å². The summed E-state index contributed by atoms with van der Waals surface area (Å²) in [4.78, 5) is 27.9. The first kappa shape index (κ1) is 29.3. The molecule has 9 nitrogen and oxygen atoms in total. The van der Waals surface area contributed by atoms with E-state index < -0.39 is 28.5 Å². The molecular formula is C25H34ClN3O6S. The number of carbonyl (C=O) groups excluding carboxylic acids is 2. The second-order valence-corrected chi connectivity index (χ2v) is 10.8. The first-order chi connectivity index (χ1) is 16.9. The molecule has 1 N–H and O–H groups in total. The Balaban J connectivity index is 2.43. The van der Waals surface area contributed by atoms with Gasteiger partial charge in [-0.15, -0.1) is 0 Å². The van der Waals surface area contributed by atoms with Gasteiger partial charge in [-0.25, -0.2) is 8.42 Å². The van der Waals surface area contributed by atoms with Crippen molar-refractivity contribution in [1.82, 2.24) is 10.2 Å². The number of rotatable bonds is 12. The van der Waals surface area contributed by atoms with E-state index >= 15 is 0 Å². The standard InChI is InChI=1S/C25H34ClN3O6S/c1-7-17(2)27-25(31)18(3)28(15-19-8-10-20(26)11-9-19)24(30)16-29(36(6,32)33)21-12-13-22(34-4)23(14-21)35-5/h8-14,17-18H,7,15-16H2,1-6H3,(H,27,31)/t17-,18+/m0/s1. The van der Waals surface area contributed by atoms with E-state index in [-0.39, 0.29) is 24.2 Å². The van der Waals surface area contributed by atoms with Crippen molar-refractivity contribution in [2.24, 2.45) is 0 Å². The molecule has 2 rings (SSSR count). The molecule has 2 aromatic carbocycles. The van der Waals surface area contributed by atoms with Gasteiger partial charge in [-0.3, -0.25) is 13.9 Å². The Morgan fingerprint density at radius 3 is 2.17 bits per heavy atom. The van der Waals surface area contributed by atoms with Crippen LogP contribution in [0.25, 0.3) is 0 Å². The molecule has 0 aromatic heterocycles. The van der Waals surface area contributed by atoms with Crippen molar-refractivity contribution in [2.45, 2.75) is 45.8 Å². The summed E-state index contributed by atoms with van der Waals surface area (Å²) in [5.41, 5.74) is 0.972. The fraction of sp³-hybridized carbons (Fsp3) is 0.440. The minimum absolute atomic E-state index is 0.0771. The number of nitrogens with one attached hydrogen (secondary N) is 1. The highest BCUT2D eigenvalue weighted by Gasteiger charge is 2.30. The van der Waals surface area contributed by atoms with Crippen LogP contribution in [-0.2, 0) is 26.2 Å². The van der Waals surface area contributed by atoms with Crippen LogP contribution in [0.2, 0.25) is 5.02 Å². The average molecular weight is 540 g/mol. The van der Waals surface area contributed by atoms with Crippen molar-refractivity contribution in [2.75, 3.05) is 31.3 Å². The highest BCUT2D eigenvalue weighted by atomic mass is 35.5.